The number of aromatic nitrogens is 1. The van der Waals surface area contributed by atoms with E-state index in [1.165, 1.54) is 0 Å². The first-order valence-corrected chi connectivity index (χ1v) is 6.61. The van der Waals surface area contributed by atoms with Crippen LogP contribution >= 0.6 is 0 Å². The number of nitrogens with one attached hydrogen (secondary N) is 1. The molecule has 0 spiro atoms. The van der Waals surface area contributed by atoms with Crippen molar-refractivity contribution in [3.8, 4) is 0 Å². The molecule has 4 heteroatoms. The summed E-state index contributed by atoms with van der Waals surface area (Å²) in [6.07, 6.45) is 3.59. The second-order valence-corrected chi connectivity index (χ2v) is 4.35. The van der Waals surface area contributed by atoms with E-state index >= 15 is 0 Å². The summed E-state index contributed by atoms with van der Waals surface area (Å²) in [4.78, 5) is 18.3. The van der Waals surface area contributed by atoms with Crippen LogP contribution in [0.2, 0.25) is 0 Å². The highest BCUT2D eigenvalue weighted by Gasteiger charge is 2.18. The maximum Gasteiger partial charge on any atom is 0.255 e. The summed E-state index contributed by atoms with van der Waals surface area (Å²) in [7, 11) is 1.86. The van der Waals surface area contributed by atoms with E-state index < -0.39 is 0 Å². The van der Waals surface area contributed by atoms with Crippen LogP contribution in [0.3, 0.4) is 0 Å². The van der Waals surface area contributed by atoms with E-state index in [2.05, 4.69) is 24.1 Å². The molecule has 0 aliphatic carbocycles. The molecule has 1 amide bonds. The SMILES string of the molecule is CCNc1ccc(C(=O)N(C)C(CC)CC)cn1. The van der Waals surface area contributed by atoms with Gasteiger partial charge in [0.25, 0.3) is 5.91 Å². The lowest BCUT2D eigenvalue weighted by atomic mass is 10.1. The number of rotatable bonds is 6. The first-order valence-electron chi connectivity index (χ1n) is 6.61. The molecule has 100 valence electrons. The molecule has 0 saturated heterocycles. The minimum atomic E-state index is 0.0410. The van der Waals surface area contributed by atoms with E-state index in [1.807, 2.05) is 31.0 Å². The maximum atomic E-state index is 12.2. The summed E-state index contributed by atoms with van der Waals surface area (Å²) >= 11 is 0. The number of carbonyl (C=O) groups is 1. The van der Waals surface area contributed by atoms with Crippen molar-refractivity contribution < 1.29 is 4.79 Å². The lowest BCUT2D eigenvalue weighted by Crippen LogP contribution is -2.36. The predicted molar refractivity (Wildman–Crippen MR) is 74.9 cm³/mol. The smallest absolute Gasteiger partial charge is 0.255 e. The quantitative estimate of drug-likeness (QED) is 0.843. The summed E-state index contributed by atoms with van der Waals surface area (Å²) < 4.78 is 0. The van der Waals surface area contributed by atoms with E-state index in [1.54, 1.807) is 6.20 Å². The van der Waals surface area contributed by atoms with Crippen LogP contribution in [0.15, 0.2) is 18.3 Å². The summed E-state index contributed by atoms with van der Waals surface area (Å²) in [5.41, 5.74) is 0.644. The molecule has 0 atom stereocenters. The second kappa shape index (κ2) is 6.99. The normalized spacial score (nSPS) is 10.5. The molecule has 1 rings (SSSR count). The molecular weight excluding hydrogens is 226 g/mol. The third-order valence-corrected chi connectivity index (χ3v) is 3.18. The van der Waals surface area contributed by atoms with Crippen molar-refractivity contribution in [1.82, 2.24) is 9.88 Å². The molecule has 0 aromatic carbocycles. The van der Waals surface area contributed by atoms with Gasteiger partial charge < -0.3 is 10.2 Å². The number of carbonyl (C=O) groups excluding carboxylic acids is 1. The average Bonchev–Trinajstić information content (AvgIpc) is 2.40. The number of nitrogens with zero attached hydrogens (tertiary/aromatic N) is 2. The largest absolute Gasteiger partial charge is 0.370 e. The van der Waals surface area contributed by atoms with E-state index in [4.69, 9.17) is 0 Å². The van der Waals surface area contributed by atoms with Crippen LogP contribution in [0.1, 0.15) is 44.0 Å². The van der Waals surface area contributed by atoms with Crippen molar-refractivity contribution in [3.05, 3.63) is 23.9 Å². The van der Waals surface area contributed by atoms with Crippen LogP contribution in [0.5, 0.6) is 0 Å². The van der Waals surface area contributed by atoms with E-state index in [0.29, 0.717) is 11.6 Å². The molecule has 0 saturated carbocycles. The first-order chi connectivity index (χ1) is 8.63. The average molecular weight is 249 g/mol. The van der Waals surface area contributed by atoms with Gasteiger partial charge in [-0.25, -0.2) is 4.98 Å². The number of pyridine rings is 1. The molecule has 0 aliphatic heterocycles. The van der Waals surface area contributed by atoms with Gasteiger partial charge in [0.2, 0.25) is 0 Å². The van der Waals surface area contributed by atoms with E-state index in [9.17, 15) is 4.79 Å². The number of hydrogen-bond acceptors (Lipinski definition) is 3. The Morgan fingerprint density at radius 2 is 2.00 bits per heavy atom. The van der Waals surface area contributed by atoms with Crippen molar-refractivity contribution in [3.63, 3.8) is 0 Å². The summed E-state index contributed by atoms with van der Waals surface area (Å²) in [5, 5.41) is 3.11. The first kappa shape index (κ1) is 14.5. The Kier molecular flexibility index (Phi) is 5.62. The lowest BCUT2D eigenvalue weighted by molar-refractivity contribution is 0.0723. The molecule has 1 heterocycles. The fourth-order valence-corrected chi connectivity index (χ4v) is 2.01. The molecule has 1 N–H and O–H groups in total. The van der Waals surface area contributed by atoms with Crippen LogP contribution in [-0.4, -0.2) is 35.4 Å². The molecule has 4 nitrogen and oxygen atoms in total. The molecule has 0 aliphatic rings. The Bertz CT molecular complexity index is 371. The third-order valence-electron chi connectivity index (χ3n) is 3.18. The Morgan fingerprint density at radius 3 is 2.44 bits per heavy atom. The molecule has 18 heavy (non-hydrogen) atoms. The van der Waals surface area contributed by atoms with Crippen LogP contribution < -0.4 is 5.32 Å². The summed E-state index contributed by atoms with van der Waals surface area (Å²) in [6.45, 7) is 7.05. The number of anilines is 1. The molecule has 0 bridgehead atoms. The maximum absolute atomic E-state index is 12.2. The van der Waals surface area contributed by atoms with Crippen molar-refractivity contribution in [1.29, 1.82) is 0 Å². The Labute approximate surface area is 109 Å². The van der Waals surface area contributed by atoms with Crippen molar-refractivity contribution in [2.75, 3.05) is 18.9 Å². The Balaban J connectivity index is 2.77. The van der Waals surface area contributed by atoms with Gasteiger partial charge in [-0.15, -0.1) is 0 Å². The third kappa shape index (κ3) is 3.45. The van der Waals surface area contributed by atoms with Gasteiger partial charge in [-0.1, -0.05) is 13.8 Å². The summed E-state index contributed by atoms with van der Waals surface area (Å²) in [6, 6.07) is 3.97. The Morgan fingerprint density at radius 1 is 1.33 bits per heavy atom. The van der Waals surface area contributed by atoms with Gasteiger partial charge in [-0.2, -0.15) is 0 Å². The molecule has 1 aromatic heterocycles. The van der Waals surface area contributed by atoms with Gasteiger partial charge in [0.05, 0.1) is 5.56 Å². The number of hydrogen-bond donors (Lipinski definition) is 1. The van der Waals surface area contributed by atoms with Gasteiger partial charge in [-0.3, -0.25) is 4.79 Å². The monoisotopic (exact) mass is 249 g/mol. The highest BCUT2D eigenvalue weighted by Crippen LogP contribution is 2.12. The summed E-state index contributed by atoms with van der Waals surface area (Å²) in [5.74, 6) is 0.846. The van der Waals surface area contributed by atoms with Crippen molar-refractivity contribution >= 4 is 11.7 Å². The minimum absolute atomic E-state index is 0.0410. The predicted octanol–water partition coefficient (Wildman–Crippen LogP) is 2.77. The minimum Gasteiger partial charge on any atom is -0.370 e. The topological polar surface area (TPSA) is 45.2 Å². The molecule has 1 aromatic rings. The van der Waals surface area contributed by atoms with Gasteiger partial charge in [0, 0.05) is 25.8 Å². The van der Waals surface area contributed by atoms with Crippen LogP contribution in [0.25, 0.3) is 0 Å². The fourth-order valence-electron chi connectivity index (χ4n) is 2.01. The van der Waals surface area contributed by atoms with E-state index in [-0.39, 0.29) is 5.91 Å². The lowest BCUT2D eigenvalue weighted by Gasteiger charge is -2.26. The molecular formula is C14H23N3O. The molecule has 0 radical (unpaired) electrons. The standard InChI is InChI=1S/C14H23N3O/c1-5-12(6-2)17(4)14(18)11-8-9-13(15-7-3)16-10-11/h8-10,12H,5-7H2,1-4H3,(H,15,16). The van der Waals surface area contributed by atoms with Crippen LogP contribution in [0, 0.1) is 0 Å². The van der Waals surface area contributed by atoms with Gasteiger partial charge >= 0.3 is 0 Å². The van der Waals surface area contributed by atoms with Crippen LogP contribution in [-0.2, 0) is 0 Å². The fraction of sp³-hybridized carbons (Fsp3) is 0.571. The van der Waals surface area contributed by atoms with Crippen LogP contribution in [0.4, 0.5) is 5.82 Å². The zero-order valence-corrected chi connectivity index (χ0v) is 11.7. The van der Waals surface area contributed by atoms with Crippen molar-refractivity contribution in [2.24, 2.45) is 0 Å². The molecule has 0 fully saturated rings. The zero-order valence-electron chi connectivity index (χ0n) is 11.7. The highest BCUT2D eigenvalue weighted by atomic mass is 16.2. The van der Waals surface area contributed by atoms with E-state index in [0.717, 1.165) is 25.2 Å². The van der Waals surface area contributed by atoms with Gasteiger partial charge in [-0.05, 0) is 31.9 Å². The van der Waals surface area contributed by atoms with Gasteiger partial charge in [0.15, 0.2) is 0 Å². The number of amides is 1. The molecule has 0 unspecified atom stereocenters. The highest BCUT2D eigenvalue weighted by molar-refractivity contribution is 5.94. The van der Waals surface area contributed by atoms with Gasteiger partial charge in [0.1, 0.15) is 5.82 Å². The Hall–Kier alpha value is -1.58. The van der Waals surface area contributed by atoms with Crippen molar-refractivity contribution in [2.45, 2.75) is 39.7 Å². The zero-order chi connectivity index (χ0) is 13.5. The second-order valence-electron chi connectivity index (χ2n) is 4.35.